The molecule has 5 nitrogen and oxygen atoms in total. The number of hydrogen-bond acceptors (Lipinski definition) is 5. The van der Waals surface area contributed by atoms with Crippen LogP contribution in [0.15, 0.2) is 18.2 Å². The van der Waals surface area contributed by atoms with Crippen molar-refractivity contribution in [2.75, 3.05) is 26.4 Å². The van der Waals surface area contributed by atoms with Crippen molar-refractivity contribution in [2.45, 2.75) is 6.42 Å². The molecule has 0 atom stereocenters. The van der Waals surface area contributed by atoms with Gasteiger partial charge in [-0.15, -0.1) is 0 Å². The molecule has 1 aromatic carbocycles. The van der Waals surface area contributed by atoms with Gasteiger partial charge in [-0.25, -0.2) is 0 Å². The van der Waals surface area contributed by atoms with Gasteiger partial charge in [-0.3, -0.25) is 4.79 Å². The molecule has 1 saturated heterocycles. The summed E-state index contributed by atoms with van der Waals surface area (Å²) in [6.07, 6.45) is 0.813. The number of nitrogens with zero attached hydrogens (tertiary/aromatic N) is 1. The highest BCUT2D eigenvalue weighted by atomic mass is 16.5. The van der Waals surface area contributed by atoms with E-state index in [4.69, 9.17) is 19.5 Å². The van der Waals surface area contributed by atoms with Crippen LogP contribution in [0.2, 0.25) is 0 Å². The standard InChI is InChI=1S/C14H13NO4/c15-7-14(8-17-9-14)13(16)10-2-3-11-12(6-10)19-5-1-4-18-11/h2-3,6H,1,4-5,8-9H2. The Balaban J connectivity index is 1.92. The Morgan fingerprint density at radius 1 is 1.21 bits per heavy atom. The van der Waals surface area contributed by atoms with Gasteiger partial charge < -0.3 is 14.2 Å². The molecule has 0 saturated carbocycles. The van der Waals surface area contributed by atoms with E-state index in [2.05, 4.69) is 6.07 Å². The third-order valence-corrected chi connectivity index (χ3v) is 3.36. The molecule has 98 valence electrons. The van der Waals surface area contributed by atoms with Gasteiger partial charge in [0.15, 0.2) is 22.7 Å². The van der Waals surface area contributed by atoms with Crippen molar-refractivity contribution in [3.05, 3.63) is 23.8 Å². The predicted octanol–water partition coefficient (Wildman–Crippen LogP) is 1.57. The molecule has 2 heterocycles. The van der Waals surface area contributed by atoms with Crippen LogP contribution in [0.4, 0.5) is 0 Å². The van der Waals surface area contributed by atoms with E-state index >= 15 is 0 Å². The fourth-order valence-corrected chi connectivity index (χ4v) is 2.13. The Kier molecular flexibility index (Phi) is 2.88. The van der Waals surface area contributed by atoms with Crippen molar-refractivity contribution >= 4 is 5.78 Å². The topological polar surface area (TPSA) is 68.6 Å². The minimum atomic E-state index is -1.03. The molecule has 0 spiro atoms. The molecular weight excluding hydrogens is 246 g/mol. The molecule has 0 radical (unpaired) electrons. The van der Waals surface area contributed by atoms with Crippen LogP contribution in [0.25, 0.3) is 0 Å². The zero-order valence-corrected chi connectivity index (χ0v) is 10.3. The van der Waals surface area contributed by atoms with Gasteiger partial charge in [0.25, 0.3) is 0 Å². The van der Waals surface area contributed by atoms with Crippen LogP contribution in [-0.2, 0) is 4.74 Å². The number of benzene rings is 1. The van der Waals surface area contributed by atoms with Crippen LogP contribution >= 0.6 is 0 Å². The van der Waals surface area contributed by atoms with Crippen LogP contribution in [0.3, 0.4) is 0 Å². The van der Waals surface area contributed by atoms with E-state index < -0.39 is 5.41 Å². The lowest BCUT2D eigenvalue weighted by molar-refractivity contribution is -0.0566. The van der Waals surface area contributed by atoms with Gasteiger partial charge in [0.05, 0.1) is 32.5 Å². The molecule has 2 aliphatic rings. The molecular formula is C14H13NO4. The molecule has 0 aromatic heterocycles. The lowest BCUT2D eigenvalue weighted by Gasteiger charge is -2.33. The van der Waals surface area contributed by atoms with Gasteiger partial charge in [0.1, 0.15) is 0 Å². The average molecular weight is 259 g/mol. The summed E-state index contributed by atoms with van der Waals surface area (Å²) in [6.45, 7) is 1.50. The summed E-state index contributed by atoms with van der Waals surface area (Å²) in [4.78, 5) is 12.4. The van der Waals surface area contributed by atoms with Crippen molar-refractivity contribution < 1.29 is 19.0 Å². The van der Waals surface area contributed by atoms with Gasteiger partial charge in [-0.1, -0.05) is 0 Å². The molecule has 0 aliphatic carbocycles. The van der Waals surface area contributed by atoms with Gasteiger partial charge in [-0.05, 0) is 18.2 Å². The van der Waals surface area contributed by atoms with Gasteiger partial charge >= 0.3 is 0 Å². The van der Waals surface area contributed by atoms with E-state index in [1.54, 1.807) is 18.2 Å². The summed E-state index contributed by atoms with van der Waals surface area (Å²) in [6, 6.07) is 7.11. The zero-order valence-electron chi connectivity index (χ0n) is 10.3. The first kappa shape index (κ1) is 12.0. The second-order valence-corrected chi connectivity index (χ2v) is 4.73. The highest BCUT2D eigenvalue weighted by Crippen LogP contribution is 2.35. The van der Waals surface area contributed by atoms with Gasteiger partial charge in [0, 0.05) is 12.0 Å². The minimum absolute atomic E-state index is 0.163. The normalized spacial score (nSPS) is 19.7. The van der Waals surface area contributed by atoms with Crippen LogP contribution < -0.4 is 9.47 Å². The summed E-state index contributed by atoms with van der Waals surface area (Å²) in [5.74, 6) is 0.999. The van der Waals surface area contributed by atoms with Crippen LogP contribution in [0.1, 0.15) is 16.8 Å². The molecule has 19 heavy (non-hydrogen) atoms. The Morgan fingerprint density at radius 3 is 2.58 bits per heavy atom. The van der Waals surface area contributed by atoms with E-state index in [0.717, 1.165) is 6.42 Å². The highest BCUT2D eigenvalue weighted by molar-refractivity contribution is 6.03. The number of carbonyl (C=O) groups is 1. The molecule has 2 aliphatic heterocycles. The van der Waals surface area contributed by atoms with Crippen LogP contribution in [0, 0.1) is 16.7 Å². The number of ether oxygens (including phenoxy) is 3. The number of nitriles is 1. The maximum atomic E-state index is 12.4. The van der Waals surface area contributed by atoms with Crippen LogP contribution in [0.5, 0.6) is 11.5 Å². The molecule has 0 amide bonds. The summed E-state index contributed by atoms with van der Waals surface area (Å²) >= 11 is 0. The van der Waals surface area contributed by atoms with Crippen molar-refractivity contribution in [3.63, 3.8) is 0 Å². The Morgan fingerprint density at radius 2 is 1.95 bits per heavy atom. The SMILES string of the molecule is N#CC1(C(=O)c2ccc3c(c2)OCCCO3)COC1. The van der Waals surface area contributed by atoms with Gasteiger partial charge in [-0.2, -0.15) is 5.26 Å². The molecule has 1 fully saturated rings. The average Bonchev–Trinajstić information content (AvgIpc) is 2.62. The van der Waals surface area contributed by atoms with Crippen molar-refractivity contribution in [1.29, 1.82) is 5.26 Å². The van der Waals surface area contributed by atoms with Crippen molar-refractivity contribution in [3.8, 4) is 17.6 Å². The molecule has 1 aromatic rings. The summed E-state index contributed by atoms with van der Waals surface area (Å²) in [5.41, 5.74) is -0.561. The number of carbonyl (C=O) groups excluding carboxylic acids is 1. The third kappa shape index (κ3) is 1.94. The molecule has 0 bridgehead atoms. The second kappa shape index (κ2) is 4.56. The zero-order chi connectivity index (χ0) is 13.3. The van der Waals surface area contributed by atoms with E-state index in [-0.39, 0.29) is 19.0 Å². The second-order valence-electron chi connectivity index (χ2n) is 4.73. The van der Waals surface area contributed by atoms with Crippen molar-refractivity contribution in [2.24, 2.45) is 5.41 Å². The Hall–Kier alpha value is -2.06. The summed E-state index contributed by atoms with van der Waals surface area (Å²) < 4.78 is 16.1. The van der Waals surface area contributed by atoms with E-state index in [0.29, 0.717) is 30.3 Å². The van der Waals surface area contributed by atoms with E-state index in [9.17, 15) is 4.79 Å². The molecule has 0 N–H and O–H groups in total. The van der Waals surface area contributed by atoms with Crippen molar-refractivity contribution in [1.82, 2.24) is 0 Å². The van der Waals surface area contributed by atoms with E-state index in [1.807, 2.05) is 0 Å². The molecule has 3 rings (SSSR count). The number of ketones is 1. The monoisotopic (exact) mass is 259 g/mol. The third-order valence-electron chi connectivity index (χ3n) is 3.36. The lowest BCUT2D eigenvalue weighted by Crippen LogP contribution is -2.47. The quantitative estimate of drug-likeness (QED) is 0.754. The Bertz CT molecular complexity index is 557. The molecule has 0 unspecified atom stereocenters. The number of fused-ring (bicyclic) bond motifs is 1. The first-order valence-electron chi connectivity index (χ1n) is 6.19. The van der Waals surface area contributed by atoms with Crippen LogP contribution in [-0.4, -0.2) is 32.2 Å². The predicted molar refractivity (Wildman–Crippen MR) is 65.2 cm³/mol. The maximum absolute atomic E-state index is 12.4. The molecule has 5 heteroatoms. The fraction of sp³-hybridized carbons (Fsp3) is 0.429. The number of rotatable bonds is 2. The first-order chi connectivity index (χ1) is 9.25. The number of hydrogen-bond donors (Lipinski definition) is 0. The summed E-state index contributed by atoms with van der Waals surface area (Å²) in [5, 5.41) is 9.14. The Labute approximate surface area is 110 Å². The fourth-order valence-electron chi connectivity index (χ4n) is 2.13. The number of Topliss-reactive ketones (excluding diaryl/α,β-unsaturated/α-hetero) is 1. The maximum Gasteiger partial charge on any atom is 0.187 e. The first-order valence-corrected chi connectivity index (χ1v) is 6.19. The minimum Gasteiger partial charge on any atom is -0.490 e. The van der Waals surface area contributed by atoms with E-state index in [1.165, 1.54) is 0 Å². The van der Waals surface area contributed by atoms with Gasteiger partial charge in [0.2, 0.25) is 0 Å². The summed E-state index contributed by atoms with van der Waals surface area (Å²) in [7, 11) is 0. The highest BCUT2D eigenvalue weighted by Gasteiger charge is 2.46. The largest absolute Gasteiger partial charge is 0.490 e. The smallest absolute Gasteiger partial charge is 0.187 e. The lowest BCUT2D eigenvalue weighted by atomic mass is 9.80.